The summed E-state index contributed by atoms with van der Waals surface area (Å²) >= 11 is 0. The van der Waals surface area contributed by atoms with Gasteiger partial charge in [0.1, 0.15) is 0 Å². The fourth-order valence-electron chi connectivity index (χ4n) is 2.21. The van der Waals surface area contributed by atoms with E-state index in [1.807, 2.05) is 0 Å². The maximum absolute atomic E-state index is 11.3. The van der Waals surface area contributed by atoms with Gasteiger partial charge in [0.25, 0.3) is 0 Å². The molecule has 0 fully saturated rings. The predicted molar refractivity (Wildman–Crippen MR) is 121 cm³/mol. The van der Waals surface area contributed by atoms with Crippen LogP contribution in [0, 0.1) is 0 Å². The average Bonchev–Trinajstić information content (AvgIpc) is 2.56. The lowest BCUT2D eigenvalue weighted by Crippen LogP contribution is -2.42. The van der Waals surface area contributed by atoms with Gasteiger partial charge in [0.2, 0.25) is 10.0 Å². The molecule has 1 rings (SSSR count). The molecule has 8 heteroatoms. The van der Waals surface area contributed by atoms with Crippen LogP contribution in [0.1, 0.15) is 38.8 Å². The maximum atomic E-state index is 11.3. The van der Waals surface area contributed by atoms with Crippen LogP contribution in [0.3, 0.4) is 0 Å². The SMILES string of the molecule is CCS(=O)(=O)NCCNC(=NC)NCCc1ccc(C(C)(C)C)cc1.I. The average molecular weight is 496 g/mol. The van der Waals surface area contributed by atoms with Gasteiger partial charge in [-0.25, -0.2) is 13.1 Å². The van der Waals surface area contributed by atoms with Gasteiger partial charge >= 0.3 is 0 Å². The Hall–Kier alpha value is -0.870. The molecule has 3 N–H and O–H groups in total. The highest BCUT2D eigenvalue weighted by Crippen LogP contribution is 2.22. The van der Waals surface area contributed by atoms with Crippen LogP contribution in [-0.4, -0.2) is 46.8 Å². The van der Waals surface area contributed by atoms with Crippen molar-refractivity contribution in [2.24, 2.45) is 4.99 Å². The van der Waals surface area contributed by atoms with Gasteiger partial charge in [-0.3, -0.25) is 4.99 Å². The van der Waals surface area contributed by atoms with Gasteiger partial charge in [-0.2, -0.15) is 0 Å². The third kappa shape index (κ3) is 9.72. The van der Waals surface area contributed by atoms with Crippen LogP contribution in [0.5, 0.6) is 0 Å². The van der Waals surface area contributed by atoms with Crippen LogP contribution >= 0.6 is 24.0 Å². The molecule has 0 aliphatic heterocycles. The molecular formula is C18H33IN4O2S. The fraction of sp³-hybridized carbons (Fsp3) is 0.611. The highest BCUT2D eigenvalue weighted by molar-refractivity contribution is 14.0. The molecule has 0 aliphatic carbocycles. The first-order chi connectivity index (χ1) is 11.7. The molecule has 26 heavy (non-hydrogen) atoms. The Morgan fingerprint density at radius 2 is 1.62 bits per heavy atom. The molecule has 0 saturated heterocycles. The Balaban J connectivity index is 0.00000625. The number of hydrogen-bond acceptors (Lipinski definition) is 3. The summed E-state index contributed by atoms with van der Waals surface area (Å²) in [4.78, 5) is 4.14. The van der Waals surface area contributed by atoms with Gasteiger partial charge < -0.3 is 10.6 Å². The summed E-state index contributed by atoms with van der Waals surface area (Å²) in [5, 5.41) is 6.33. The van der Waals surface area contributed by atoms with Crippen LogP contribution in [0.25, 0.3) is 0 Å². The topological polar surface area (TPSA) is 82.6 Å². The number of guanidine groups is 1. The van der Waals surface area contributed by atoms with Crippen molar-refractivity contribution in [3.05, 3.63) is 35.4 Å². The van der Waals surface area contributed by atoms with Gasteiger partial charge in [0.15, 0.2) is 5.96 Å². The lowest BCUT2D eigenvalue weighted by atomic mass is 9.86. The molecule has 1 aromatic rings. The zero-order chi connectivity index (χ0) is 18.9. The lowest BCUT2D eigenvalue weighted by Gasteiger charge is -2.19. The lowest BCUT2D eigenvalue weighted by molar-refractivity contribution is 0.581. The van der Waals surface area contributed by atoms with E-state index in [1.54, 1.807) is 14.0 Å². The zero-order valence-electron chi connectivity index (χ0n) is 16.4. The number of nitrogens with zero attached hydrogens (tertiary/aromatic N) is 1. The zero-order valence-corrected chi connectivity index (χ0v) is 19.6. The monoisotopic (exact) mass is 496 g/mol. The largest absolute Gasteiger partial charge is 0.356 e. The smallest absolute Gasteiger partial charge is 0.211 e. The van der Waals surface area contributed by atoms with Gasteiger partial charge in [0.05, 0.1) is 5.75 Å². The fourth-order valence-corrected chi connectivity index (χ4v) is 2.82. The molecule has 0 heterocycles. The number of hydrogen-bond donors (Lipinski definition) is 3. The standard InChI is InChI=1S/C18H32N4O2S.HI/c1-6-25(23,24)22-14-13-21-17(19-5)20-12-11-15-7-9-16(10-8-15)18(2,3)4;/h7-10,22H,6,11-14H2,1-5H3,(H2,19,20,21);1H. The predicted octanol–water partition coefficient (Wildman–Crippen LogP) is 2.25. The summed E-state index contributed by atoms with van der Waals surface area (Å²) in [5.41, 5.74) is 2.77. The van der Waals surface area contributed by atoms with E-state index in [-0.39, 0.29) is 35.1 Å². The number of sulfonamides is 1. The summed E-state index contributed by atoms with van der Waals surface area (Å²) in [7, 11) is -1.44. The summed E-state index contributed by atoms with van der Waals surface area (Å²) in [5.74, 6) is 0.760. The second kappa shape index (κ2) is 11.8. The van der Waals surface area contributed by atoms with Crippen LogP contribution < -0.4 is 15.4 Å². The third-order valence-electron chi connectivity index (χ3n) is 3.87. The van der Waals surface area contributed by atoms with Crippen molar-refractivity contribution < 1.29 is 8.42 Å². The Bertz CT molecular complexity index is 653. The first-order valence-corrected chi connectivity index (χ1v) is 10.3. The van der Waals surface area contributed by atoms with Gasteiger partial charge in [-0.1, -0.05) is 45.0 Å². The number of benzene rings is 1. The molecule has 1 aromatic carbocycles. The van der Waals surface area contributed by atoms with Crippen molar-refractivity contribution in [2.45, 2.75) is 39.5 Å². The second-order valence-electron chi connectivity index (χ2n) is 6.92. The van der Waals surface area contributed by atoms with Crippen LogP contribution in [0.15, 0.2) is 29.3 Å². The molecule has 0 spiro atoms. The van der Waals surface area contributed by atoms with E-state index in [2.05, 4.69) is 65.4 Å². The molecule has 0 saturated carbocycles. The van der Waals surface area contributed by atoms with Crippen molar-refractivity contribution in [1.29, 1.82) is 0 Å². The Morgan fingerprint density at radius 3 is 2.12 bits per heavy atom. The first kappa shape index (κ1) is 25.1. The summed E-state index contributed by atoms with van der Waals surface area (Å²) in [6.07, 6.45) is 0.896. The molecule has 0 radical (unpaired) electrons. The third-order valence-corrected chi connectivity index (χ3v) is 5.27. The van der Waals surface area contributed by atoms with Crippen molar-refractivity contribution >= 4 is 40.0 Å². The van der Waals surface area contributed by atoms with Gasteiger partial charge in [-0.05, 0) is 29.9 Å². The van der Waals surface area contributed by atoms with E-state index >= 15 is 0 Å². The minimum absolute atomic E-state index is 0. The van der Waals surface area contributed by atoms with E-state index in [9.17, 15) is 8.42 Å². The second-order valence-corrected chi connectivity index (χ2v) is 9.02. The number of nitrogens with one attached hydrogen (secondary N) is 3. The minimum atomic E-state index is -3.14. The van der Waals surface area contributed by atoms with Crippen LogP contribution in [0.2, 0.25) is 0 Å². The Labute approximate surface area is 175 Å². The molecule has 6 nitrogen and oxygen atoms in total. The quantitative estimate of drug-likeness (QED) is 0.223. The molecule has 0 atom stereocenters. The number of aliphatic imine (C=N–C) groups is 1. The van der Waals surface area contributed by atoms with Crippen molar-refractivity contribution in [2.75, 3.05) is 32.4 Å². The van der Waals surface area contributed by atoms with Crippen molar-refractivity contribution in [1.82, 2.24) is 15.4 Å². The van der Waals surface area contributed by atoms with E-state index in [1.165, 1.54) is 11.1 Å². The van der Waals surface area contributed by atoms with Gasteiger partial charge in [-0.15, -0.1) is 24.0 Å². The van der Waals surface area contributed by atoms with Gasteiger partial charge in [0, 0.05) is 26.7 Å². The molecule has 0 aliphatic rings. The van der Waals surface area contributed by atoms with E-state index < -0.39 is 10.0 Å². The van der Waals surface area contributed by atoms with Crippen molar-refractivity contribution in [3.8, 4) is 0 Å². The molecular weight excluding hydrogens is 463 g/mol. The Kier molecular flexibility index (Phi) is 11.4. The first-order valence-electron chi connectivity index (χ1n) is 8.69. The molecule has 0 aromatic heterocycles. The molecule has 0 bridgehead atoms. The molecule has 150 valence electrons. The van der Waals surface area contributed by atoms with E-state index in [0.717, 1.165) is 13.0 Å². The number of halogens is 1. The molecule has 0 amide bonds. The summed E-state index contributed by atoms with van der Waals surface area (Å²) in [6, 6.07) is 8.69. The summed E-state index contributed by atoms with van der Waals surface area (Å²) in [6.45, 7) is 9.82. The number of rotatable bonds is 8. The van der Waals surface area contributed by atoms with Crippen molar-refractivity contribution in [3.63, 3.8) is 0 Å². The van der Waals surface area contributed by atoms with E-state index in [4.69, 9.17) is 0 Å². The molecule has 0 unspecified atom stereocenters. The van der Waals surface area contributed by atoms with Crippen LogP contribution in [0.4, 0.5) is 0 Å². The van der Waals surface area contributed by atoms with Crippen LogP contribution in [-0.2, 0) is 21.9 Å². The normalized spacial score (nSPS) is 12.4. The Morgan fingerprint density at radius 1 is 1.04 bits per heavy atom. The minimum Gasteiger partial charge on any atom is -0.356 e. The van der Waals surface area contributed by atoms with E-state index in [0.29, 0.717) is 19.0 Å². The maximum Gasteiger partial charge on any atom is 0.211 e. The highest BCUT2D eigenvalue weighted by Gasteiger charge is 2.12. The highest BCUT2D eigenvalue weighted by atomic mass is 127. The summed E-state index contributed by atoms with van der Waals surface area (Å²) < 4.78 is 25.2.